The molecule has 0 unspecified atom stereocenters. The molecule has 1 heterocycles. The maximum absolute atomic E-state index is 12.2. The van der Waals surface area contributed by atoms with Crippen LogP contribution in [0.1, 0.15) is 32.1 Å². The first-order valence-corrected chi connectivity index (χ1v) is 9.54. The van der Waals surface area contributed by atoms with Crippen LogP contribution in [0.5, 0.6) is 5.75 Å². The fraction of sp³-hybridized carbons (Fsp3) is 0.632. The summed E-state index contributed by atoms with van der Waals surface area (Å²) in [4.78, 5) is 14.8. The van der Waals surface area contributed by atoms with E-state index >= 15 is 0 Å². The van der Waals surface area contributed by atoms with E-state index in [1.165, 1.54) is 19.3 Å². The maximum Gasteiger partial charge on any atom is 0.258 e. The Kier molecular flexibility index (Phi) is 6.57. The van der Waals surface area contributed by atoms with Crippen LogP contribution in [0.25, 0.3) is 0 Å². The molecule has 1 aliphatic carbocycles. The lowest BCUT2D eigenvalue weighted by Gasteiger charge is -2.48. The van der Waals surface area contributed by atoms with Gasteiger partial charge in [-0.15, -0.1) is 0 Å². The van der Waals surface area contributed by atoms with Crippen molar-refractivity contribution in [3.8, 4) is 5.75 Å². The number of hydrogen-bond acceptors (Lipinski definition) is 4. The SMILES string of the molecule is O=C(COc1ccc(Cl)cc1)NCC1(N2CCOCC2)CCCCC1. The first-order chi connectivity index (χ1) is 12.2. The molecule has 6 heteroatoms. The fourth-order valence-electron chi connectivity index (χ4n) is 3.85. The molecule has 1 aromatic rings. The van der Waals surface area contributed by atoms with E-state index in [0.717, 1.165) is 39.1 Å². The number of nitrogens with zero attached hydrogens (tertiary/aromatic N) is 1. The Morgan fingerprint density at radius 1 is 1.16 bits per heavy atom. The van der Waals surface area contributed by atoms with E-state index in [1.54, 1.807) is 24.3 Å². The Morgan fingerprint density at radius 3 is 2.52 bits per heavy atom. The zero-order valence-electron chi connectivity index (χ0n) is 14.6. The number of benzene rings is 1. The smallest absolute Gasteiger partial charge is 0.258 e. The number of ether oxygens (including phenoxy) is 2. The van der Waals surface area contributed by atoms with Crippen LogP contribution in [-0.4, -0.2) is 55.8 Å². The molecule has 0 radical (unpaired) electrons. The summed E-state index contributed by atoms with van der Waals surface area (Å²) >= 11 is 5.85. The number of hydrogen-bond donors (Lipinski definition) is 1. The molecule has 1 aliphatic heterocycles. The van der Waals surface area contributed by atoms with Gasteiger partial charge in [-0.25, -0.2) is 0 Å². The Bertz CT molecular complexity index is 552. The van der Waals surface area contributed by atoms with Crippen LogP contribution in [-0.2, 0) is 9.53 Å². The Balaban J connectivity index is 1.51. The van der Waals surface area contributed by atoms with E-state index in [2.05, 4.69) is 10.2 Å². The molecule has 25 heavy (non-hydrogen) atoms. The summed E-state index contributed by atoms with van der Waals surface area (Å²) in [5, 5.41) is 3.75. The molecule has 138 valence electrons. The second kappa shape index (κ2) is 8.88. The van der Waals surface area contributed by atoms with Gasteiger partial charge in [0, 0.05) is 30.2 Å². The molecule has 0 aromatic heterocycles. The second-order valence-electron chi connectivity index (χ2n) is 6.90. The van der Waals surface area contributed by atoms with Gasteiger partial charge in [0.05, 0.1) is 13.2 Å². The molecule has 1 saturated heterocycles. The van der Waals surface area contributed by atoms with E-state index < -0.39 is 0 Å². The standard InChI is InChI=1S/C19H27ClN2O3/c20-16-4-6-17(7-5-16)25-14-18(23)21-15-19(8-2-1-3-9-19)22-10-12-24-13-11-22/h4-7H,1-3,8-15H2,(H,21,23). The summed E-state index contributed by atoms with van der Waals surface area (Å²) in [7, 11) is 0. The average molecular weight is 367 g/mol. The molecule has 1 N–H and O–H groups in total. The third-order valence-corrected chi connectivity index (χ3v) is 5.52. The van der Waals surface area contributed by atoms with Gasteiger partial charge < -0.3 is 14.8 Å². The molecule has 5 nitrogen and oxygen atoms in total. The van der Waals surface area contributed by atoms with Crippen molar-refractivity contribution in [2.24, 2.45) is 0 Å². The average Bonchev–Trinajstić information content (AvgIpc) is 2.67. The van der Waals surface area contributed by atoms with E-state index in [-0.39, 0.29) is 18.1 Å². The van der Waals surface area contributed by atoms with Gasteiger partial charge in [-0.05, 0) is 37.1 Å². The topological polar surface area (TPSA) is 50.8 Å². The molecule has 3 rings (SSSR count). The monoisotopic (exact) mass is 366 g/mol. The van der Waals surface area contributed by atoms with Crippen molar-refractivity contribution in [2.75, 3.05) is 39.5 Å². The third kappa shape index (κ3) is 5.09. The zero-order chi connectivity index (χ0) is 17.5. The summed E-state index contributed by atoms with van der Waals surface area (Å²) in [6.07, 6.45) is 6.04. The van der Waals surface area contributed by atoms with Crippen LogP contribution in [0.15, 0.2) is 24.3 Å². The van der Waals surface area contributed by atoms with Crippen molar-refractivity contribution in [1.29, 1.82) is 0 Å². The molecule has 0 spiro atoms. The molecular formula is C19H27ClN2O3. The number of halogens is 1. The van der Waals surface area contributed by atoms with Crippen LogP contribution in [0, 0.1) is 0 Å². The zero-order valence-corrected chi connectivity index (χ0v) is 15.4. The molecule has 1 amide bonds. The van der Waals surface area contributed by atoms with Crippen LogP contribution in [0.3, 0.4) is 0 Å². The van der Waals surface area contributed by atoms with Crippen LogP contribution >= 0.6 is 11.6 Å². The van der Waals surface area contributed by atoms with Gasteiger partial charge in [0.2, 0.25) is 0 Å². The van der Waals surface area contributed by atoms with Gasteiger partial charge in [0.15, 0.2) is 6.61 Å². The number of nitrogens with one attached hydrogen (secondary N) is 1. The number of morpholine rings is 1. The molecule has 0 bridgehead atoms. The lowest BCUT2D eigenvalue weighted by atomic mass is 9.79. The van der Waals surface area contributed by atoms with E-state index in [9.17, 15) is 4.79 Å². The predicted octanol–water partition coefficient (Wildman–Crippen LogP) is 2.87. The molecule has 1 aromatic carbocycles. The largest absolute Gasteiger partial charge is 0.484 e. The van der Waals surface area contributed by atoms with E-state index in [4.69, 9.17) is 21.1 Å². The highest BCUT2D eigenvalue weighted by Gasteiger charge is 2.38. The van der Waals surface area contributed by atoms with Crippen molar-refractivity contribution in [3.05, 3.63) is 29.3 Å². The Labute approximate surface area is 154 Å². The first kappa shape index (κ1) is 18.5. The molecular weight excluding hydrogens is 340 g/mol. The minimum Gasteiger partial charge on any atom is -0.484 e. The van der Waals surface area contributed by atoms with Crippen molar-refractivity contribution >= 4 is 17.5 Å². The van der Waals surface area contributed by atoms with E-state index in [0.29, 0.717) is 17.3 Å². The van der Waals surface area contributed by atoms with Crippen LogP contribution < -0.4 is 10.1 Å². The van der Waals surface area contributed by atoms with Crippen LogP contribution in [0.4, 0.5) is 0 Å². The van der Waals surface area contributed by atoms with Crippen molar-refractivity contribution in [3.63, 3.8) is 0 Å². The molecule has 1 saturated carbocycles. The van der Waals surface area contributed by atoms with Gasteiger partial charge in [0.25, 0.3) is 5.91 Å². The van der Waals surface area contributed by atoms with Crippen molar-refractivity contribution < 1.29 is 14.3 Å². The highest BCUT2D eigenvalue weighted by molar-refractivity contribution is 6.30. The van der Waals surface area contributed by atoms with Crippen molar-refractivity contribution in [1.82, 2.24) is 10.2 Å². The number of amides is 1. The van der Waals surface area contributed by atoms with Crippen molar-refractivity contribution in [2.45, 2.75) is 37.6 Å². The quantitative estimate of drug-likeness (QED) is 0.841. The third-order valence-electron chi connectivity index (χ3n) is 5.26. The summed E-state index contributed by atoms with van der Waals surface area (Å²) in [5.74, 6) is 0.577. The van der Waals surface area contributed by atoms with Gasteiger partial charge >= 0.3 is 0 Å². The summed E-state index contributed by atoms with van der Waals surface area (Å²) in [6.45, 7) is 4.20. The lowest BCUT2D eigenvalue weighted by Crippen LogP contribution is -2.60. The second-order valence-corrected chi connectivity index (χ2v) is 7.34. The maximum atomic E-state index is 12.2. The summed E-state index contributed by atoms with van der Waals surface area (Å²) in [6, 6.07) is 7.05. The minimum absolute atomic E-state index is 0.0286. The number of rotatable bonds is 6. The normalized spacial score (nSPS) is 20.8. The molecule has 0 atom stereocenters. The Morgan fingerprint density at radius 2 is 1.84 bits per heavy atom. The van der Waals surface area contributed by atoms with Gasteiger partial charge in [-0.1, -0.05) is 30.9 Å². The number of carbonyl (C=O) groups excluding carboxylic acids is 1. The molecule has 2 aliphatic rings. The first-order valence-electron chi connectivity index (χ1n) is 9.16. The fourth-order valence-corrected chi connectivity index (χ4v) is 3.97. The summed E-state index contributed by atoms with van der Waals surface area (Å²) in [5.41, 5.74) is 0.0813. The Hall–Kier alpha value is -1.30. The molecule has 2 fully saturated rings. The lowest BCUT2D eigenvalue weighted by molar-refractivity contribution is -0.124. The van der Waals surface area contributed by atoms with Crippen LogP contribution in [0.2, 0.25) is 5.02 Å². The van der Waals surface area contributed by atoms with Gasteiger partial charge in [-0.2, -0.15) is 0 Å². The highest BCUT2D eigenvalue weighted by Crippen LogP contribution is 2.33. The minimum atomic E-state index is -0.0758. The highest BCUT2D eigenvalue weighted by atomic mass is 35.5. The summed E-state index contributed by atoms with van der Waals surface area (Å²) < 4.78 is 11.0. The number of carbonyl (C=O) groups is 1. The predicted molar refractivity (Wildman–Crippen MR) is 98.2 cm³/mol. The van der Waals surface area contributed by atoms with Gasteiger partial charge in [-0.3, -0.25) is 9.69 Å². The van der Waals surface area contributed by atoms with Gasteiger partial charge in [0.1, 0.15) is 5.75 Å². The van der Waals surface area contributed by atoms with E-state index in [1.807, 2.05) is 0 Å².